The standard InChI is InChI=1S/C14H22N2O3/c1-10(18-2)4-7-14(17)16-9-11-5-6-13(19-3)12(15)8-11/h5-6,8,10H,4,7,9,15H2,1-3H3,(H,16,17). The van der Waals surface area contributed by atoms with Crippen LogP contribution in [-0.2, 0) is 16.1 Å². The lowest BCUT2D eigenvalue weighted by Crippen LogP contribution is -2.23. The molecule has 1 amide bonds. The Hall–Kier alpha value is -1.75. The fourth-order valence-electron chi connectivity index (χ4n) is 1.64. The summed E-state index contributed by atoms with van der Waals surface area (Å²) in [5.74, 6) is 0.655. The van der Waals surface area contributed by atoms with Crippen LogP contribution in [0.3, 0.4) is 0 Å². The number of methoxy groups -OCH3 is 2. The van der Waals surface area contributed by atoms with Crippen LogP contribution in [0.15, 0.2) is 18.2 Å². The van der Waals surface area contributed by atoms with E-state index in [1.165, 1.54) is 0 Å². The first-order valence-corrected chi connectivity index (χ1v) is 6.28. The summed E-state index contributed by atoms with van der Waals surface area (Å²) in [6.45, 7) is 2.41. The Morgan fingerprint density at radius 2 is 2.16 bits per heavy atom. The van der Waals surface area contributed by atoms with Crippen molar-refractivity contribution in [1.82, 2.24) is 5.32 Å². The number of rotatable bonds is 7. The number of carbonyl (C=O) groups excluding carboxylic acids is 1. The van der Waals surface area contributed by atoms with Gasteiger partial charge in [-0.1, -0.05) is 6.07 Å². The zero-order chi connectivity index (χ0) is 14.3. The number of hydrogen-bond acceptors (Lipinski definition) is 4. The molecule has 0 radical (unpaired) electrons. The Kier molecular flexibility index (Phi) is 6.15. The minimum Gasteiger partial charge on any atom is -0.495 e. The van der Waals surface area contributed by atoms with E-state index in [1.54, 1.807) is 26.4 Å². The predicted molar refractivity (Wildman–Crippen MR) is 75.0 cm³/mol. The molecule has 0 spiro atoms. The SMILES string of the molecule is COc1ccc(CNC(=O)CCC(C)OC)cc1N. The zero-order valence-corrected chi connectivity index (χ0v) is 11.7. The van der Waals surface area contributed by atoms with Crippen molar-refractivity contribution in [1.29, 1.82) is 0 Å². The normalized spacial score (nSPS) is 11.9. The summed E-state index contributed by atoms with van der Waals surface area (Å²) in [4.78, 5) is 11.6. The van der Waals surface area contributed by atoms with Gasteiger partial charge in [0.25, 0.3) is 0 Å². The van der Waals surface area contributed by atoms with Crippen molar-refractivity contribution in [2.75, 3.05) is 20.0 Å². The van der Waals surface area contributed by atoms with Crippen LogP contribution >= 0.6 is 0 Å². The van der Waals surface area contributed by atoms with Crippen molar-refractivity contribution in [3.8, 4) is 5.75 Å². The molecule has 5 nitrogen and oxygen atoms in total. The Labute approximate surface area is 114 Å². The first-order valence-electron chi connectivity index (χ1n) is 6.28. The number of nitrogen functional groups attached to an aromatic ring is 1. The van der Waals surface area contributed by atoms with Crippen LogP contribution in [0.2, 0.25) is 0 Å². The molecule has 0 saturated heterocycles. The van der Waals surface area contributed by atoms with Gasteiger partial charge < -0.3 is 20.5 Å². The smallest absolute Gasteiger partial charge is 0.220 e. The van der Waals surface area contributed by atoms with Gasteiger partial charge in [-0.2, -0.15) is 0 Å². The van der Waals surface area contributed by atoms with Gasteiger partial charge in [-0.3, -0.25) is 4.79 Å². The molecule has 106 valence electrons. The molecule has 0 aliphatic carbocycles. The zero-order valence-electron chi connectivity index (χ0n) is 11.7. The maximum absolute atomic E-state index is 11.6. The first-order chi connectivity index (χ1) is 9.06. The van der Waals surface area contributed by atoms with Crippen LogP contribution in [0.1, 0.15) is 25.3 Å². The van der Waals surface area contributed by atoms with Gasteiger partial charge in [0.15, 0.2) is 0 Å². The molecular formula is C14H22N2O3. The van der Waals surface area contributed by atoms with Crippen molar-refractivity contribution in [3.63, 3.8) is 0 Å². The Morgan fingerprint density at radius 3 is 2.74 bits per heavy atom. The molecule has 19 heavy (non-hydrogen) atoms. The fraction of sp³-hybridized carbons (Fsp3) is 0.500. The van der Waals surface area contributed by atoms with Crippen LogP contribution in [0.25, 0.3) is 0 Å². The highest BCUT2D eigenvalue weighted by atomic mass is 16.5. The number of nitrogens with one attached hydrogen (secondary N) is 1. The lowest BCUT2D eigenvalue weighted by atomic mass is 10.1. The van der Waals surface area contributed by atoms with Crippen molar-refractivity contribution in [3.05, 3.63) is 23.8 Å². The quantitative estimate of drug-likeness (QED) is 0.737. The van der Waals surface area contributed by atoms with Gasteiger partial charge in [0.2, 0.25) is 5.91 Å². The highest BCUT2D eigenvalue weighted by molar-refractivity contribution is 5.75. The topological polar surface area (TPSA) is 73.6 Å². The molecule has 1 aromatic carbocycles. The summed E-state index contributed by atoms with van der Waals surface area (Å²) in [6, 6.07) is 5.48. The number of anilines is 1. The maximum atomic E-state index is 11.6. The molecule has 5 heteroatoms. The van der Waals surface area contributed by atoms with Crippen LogP contribution in [0.5, 0.6) is 5.75 Å². The third kappa shape index (κ3) is 5.18. The number of hydrogen-bond donors (Lipinski definition) is 2. The lowest BCUT2D eigenvalue weighted by molar-refractivity contribution is -0.121. The van der Waals surface area contributed by atoms with Crippen LogP contribution in [0.4, 0.5) is 5.69 Å². The van der Waals surface area contributed by atoms with Gasteiger partial charge in [0, 0.05) is 20.1 Å². The van der Waals surface area contributed by atoms with E-state index in [9.17, 15) is 4.79 Å². The Morgan fingerprint density at radius 1 is 1.42 bits per heavy atom. The fourth-order valence-corrected chi connectivity index (χ4v) is 1.64. The molecule has 0 aliphatic heterocycles. The number of carbonyl (C=O) groups is 1. The maximum Gasteiger partial charge on any atom is 0.220 e. The molecule has 0 saturated carbocycles. The third-order valence-electron chi connectivity index (χ3n) is 2.96. The second kappa shape index (κ2) is 7.63. The minimum atomic E-state index is 0.0123. The third-order valence-corrected chi connectivity index (χ3v) is 2.96. The number of amides is 1. The Bertz CT molecular complexity index is 421. The number of nitrogens with two attached hydrogens (primary N) is 1. The van der Waals surface area contributed by atoms with E-state index in [2.05, 4.69) is 5.32 Å². The second-order valence-corrected chi connectivity index (χ2v) is 4.44. The average molecular weight is 266 g/mol. The number of benzene rings is 1. The molecular weight excluding hydrogens is 244 g/mol. The highest BCUT2D eigenvalue weighted by Gasteiger charge is 2.06. The molecule has 0 aliphatic rings. The molecule has 1 atom stereocenters. The molecule has 0 heterocycles. The summed E-state index contributed by atoms with van der Waals surface area (Å²) in [7, 11) is 3.22. The van der Waals surface area contributed by atoms with E-state index in [1.807, 2.05) is 13.0 Å². The van der Waals surface area contributed by atoms with Crippen molar-refractivity contribution >= 4 is 11.6 Å². The average Bonchev–Trinajstić information content (AvgIpc) is 2.42. The van der Waals surface area contributed by atoms with Gasteiger partial charge in [-0.15, -0.1) is 0 Å². The molecule has 1 rings (SSSR count). The molecule has 0 aromatic heterocycles. The molecule has 3 N–H and O–H groups in total. The summed E-state index contributed by atoms with van der Waals surface area (Å²) >= 11 is 0. The Balaban J connectivity index is 2.40. The summed E-state index contributed by atoms with van der Waals surface area (Å²) in [6.07, 6.45) is 1.27. The van der Waals surface area contributed by atoms with E-state index < -0.39 is 0 Å². The van der Waals surface area contributed by atoms with Gasteiger partial charge in [-0.05, 0) is 31.0 Å². The van der Waals surface area contributed by atoms with Crippen LogP contribution in [0, 0.1) is 0 Å². The van der Waals surface area contributed by atoms with Gasteiger partial charge in [0.1, 0.15) is 5.75 Å². The number of ether oxygens (including phenoxy) is 2. The summed E-state index contributed by atoms with van der Waals surface area (Å²) < 4.78 is 10.2. The summed E-state index contributed by atoms with van der Waals surface area (Å²) in [5.41, 5.74) is 7.32. The van der Waals surface area contributed by atoms with Gasteiger partial charge >= 0.3 is 0 Å². The van der Waals surface area contributed by atoms with Gasteiger partial charge in [-0.25, -0.2) is 0 Å². The summed E-state index contributed by atoms with van der Waals surface area (Å²) in [5, 5.41) is 2.85. The lowest BCUT2D eigenvalue weighted by Gasteiger charge is -2.10. The van der Waals surface area contributed by atoms with E-state index in [0.29, 0.717) is 30.8 Å². The van der Waals surface area contributed by atoms with Crippen molar-refractivity contribution in [2.45, 2.75) is 32.4 Å². The minimum absolute atomic E-state index is 0.0123. The molecule has 1 unspecified atom stereocenters. The molecule has 1 aromatic rings. The van der Waals surface area contributed by atoms with Crippen LogP contribution < -0.4 is 15.8 Å². The second-order valence-electron chi connectivity index (χ2n) is 4.44. The van der Waals surface area contributed by atoms with Crippen molar-refractivity contribution < 1.29 is 14.3 Å². The van der Waals surface area contributed by atoms with E-state index in [0.717, 1.165) is 5.56 Å². The molecule has 0 bridgehead atoms. The largest absolute Gasteiger partial charge is 0.495 e. The molecule has 0 fully saturated rings. The highest BCUT2D eigenvalue weighted by Crippen LogP contribution is 2.21. The first kappa shape index (κ1) is 15.3. The van der Waals surface area contributed by atoms with Crippen LogP contribution in [-0.4, -0.2) is 26.2 Å². The predicted octanol–water partition coefficient (Wildman–Crippen LogP) is 1.71. The van der Waals surface area contributed by atoms with E-state index >= 15 is 0 Å². The van der Waals surface area contributed by atoms with Crippen molar-refractivity contribution in [2.24, 2.45) is 0 Å². The van der Waals surface area contributed by atoms with E-state index in [-0.39, 0.29) is 12.0 Å². The van der Waals surface area contributed by atoms with Gasteiger partial charge in [0.05, 0.1) is 18.9 Å². The van der Waals surface area contributed by atoms with E-state index in [4.69, 9.17) is 15.2 Å². The monoisotopic (exact) mass is 266 g/mol.